The highest BCUT2D eigenvalue weighted by molar-refractivity contribution is 9.10. The molecular weight excluding hydrogens is 316 g/mol. The Kier molecular flexibility index (Phi) is 4.16. The normalized spacial score (nSPS) is 17.7. The molecule has 0 atom stereocenters. The number of aliphatic carboxylic acids is 1. The van der Waals surface area contributed by atoms with E-state index in [0.717, 1.165) is 0 Å². The van der Waals surface area contributed by atoms with Gasteiger partial charge in [0.15, 0.2) is 0 Å². The molecule has 0 unspecified atom stereocenters. The molecule has 19 heavy (non-hydrogen) atoms. The second-order valence-electron chi connectivity index (χ2n) is 4.35. The standard InChI is InChI=1S/C12H13BrN2O4/c13-9-5-8(6-14-7-9)10(16)15-12(11(17)18)1-3-19-4-2-12/h5-7H,1-4H2,(H,15,16)(H,17,18). The van der Waals surface area contributed by atoms with Crippen LogP contribution in [0.4, 0.5) is 0 Å². The third-order valence-electron chi connectivity index (χ3n) is 3.08. The molecule has 1 aromatic rings. The highest BCUT2D eigenvalue weighted by atomic mass is 79.9. The van der Waals surface area contributed by atoms with Gasteiger partial charge in [0.05, 0.1) is 5.56 Å². The van der Waals surface area contributed by atoms with Gasteiger partial charge in [-0.25, -0.2) is 4.79 Å². The first-order chi connectivity index (χ1) is 9.03. The quantitative estimate of drug-likeness (QED) is 0.870. The molecule has 1 amide bonds. The van der Waals surface area contributed by atoms with Crippen LogP contribution in [0.25, 0.3) is 0 Å². The Morgan fingerprint density at radius 2 is 2.05 bits per heavy atom. The van der Waals surface area contributed by atoms with Crippen molar-refractivity contribution in [2.24, 2.45) is 0 Å². The molecule has 0 aromatic carbocycles. The summed E-state index contributed by atoms with van der Waals surface area (Å²) < 4.78 is 5.81. The molecule has 7 heteroatoms. The number of ether oxygens (including phenoxy) is 1. The Balaban J connectivity index is 2.18. The van der Waals surface area contributed by atoms with Crippen LogP contribution in [0.5, 0.6) is 0 Å². The third kappa shape index (κ3) is 3.10. The molecule has 0 spiro atoms. The fourth-order valence-corrected chi connectivity index (χ4v) is 2.30. The number of amides is 1. The predicted octanol–water partition coefficient (Wildman–Crippen LogP) is 1.21. The molecule has 2 N–H and O–H groups in total. The lowest BCUT2D eigenvalue weighted by Gasteiger charge is -2.33. The van der Waals surface area contributed by atoms with Gasteiger partial charge in [-0.15, -0.1) is 0 Å². The summed E-state index contributed by atoms with van der Waals surface area (Å²) in [6, 6.07) is 1.59. The summed E-state index contributed by atoms with van der Waals surface area (Å²) in [6.07, 6.45) is 3.47. The van der Waals surface area contributed by atoms with Crippen molar-refractivity contribution in [1.29, 1.82) is 0 Å². The zero-order chi connectivity index (χ0) is 13.9. The van der Waals surface area contributed by atoms with E-state index in [1.54, 1.807) is 12.3 Å². The first kappa shape index (κ1) is 14.0. The maximum absolute atomic E-state index is 12.1. The van der Waals surface area contributed by atoms with E-state index in [-0.39, 0.29) is 12.8 Å². The lowest BCUT2D eigenvalue weighted by atomic mass is 9.90. The molecule has 1 aromatic heterocycles. The van der Waals surface area contributed by atoms with Gasteiger partial charge in [0.1, 0.15) is 5.54 Å². The molecule has 1 saturated heterocycles. The molecule has 0 bridgehead atoms. The van der Waals surface area contributed by atoms with Crippen molar-refractivity contribution >= 4 is 27.8 Å². The SMILES string of the molecule is O=C(NC1(C(=O)O)CCOCC1)c1cncc(Br)c1. The van der Waals surface area contributed by atoms with Gasteiger partial charge in [0.2, 0.25) is 0 Å². The molecule has 102 valence electrons. The van der Waals surface area contributed by atoms with E-state index in [2.05, 4.69) is 26.2 Å². The van der Waals surface area contributed by atoms with Gasteiger partial charge < -0.3 is 15.2 Å². The summed E-state index contributed by atoms with van der Waals surface area (Å²) in [6.45, 7) is 0.645. The van der Waals surface area contributed by atoms with Crippen molar-refractivity contribution in [3.05, 3.63) is 28.5 Å². The number of rotatable bonds is 3. The van der Waals surface area contributed by atoms with Crippen LogP contribution in [0.1, 0.15) is 23.2 Å². The molecular formula is C12H13BrN2O4. The van der Waals surface area contributed by atoms with Crippen LogP contribution in [-0.4, -0.2) is 40.7 Å². The summed E-state index contributed by atoms with van der Waals surface area (Å²) in [4.78, 5) is 27.4. The summed E-state index contributed by atoms with van der Waals surface area (Å²) in [5.74, 6) is -1.48. The number of hydrogen-bond donors (Lipinski definition) is 2. The van der Waals surface area contributed by atoms with Gasteiger partial charge in [0.25, 0.3) is 5.91 Å². The first-order valence-corrected chi connectivity index (χ1v) is 6.57. The van der Waals surface area contributed by atoms with Crippen LogP contribution in [0.3, 0.4) is 0 Å². The van der Waals surface area contributed by atoms with Crippen LogP contribution >= 0.6 is 15.9 Å². The number of carboxylic acids is 1. The van der Waals surface area contributed by atoms with Gasteiger partial charge >= 0.3 is 5.97 Å². The lowest BCUT2D eigenvalue weighted by Crippen LogP contribution is -2.57. The summed E-state index contributed by atoms with van der Waals surface area (Å²) >= 11 is 3.22. The van der Waals surface area contributed by atoms with Crippen molar-refractivity contribution in [1.82, 2.24) is 10.3 Å². The fourth-order valence-electron chi connectivity index (χ4n) is 1.94. The number of nitrogens with zero attached hydrogens (tertiary/aromatic N) is 1. The van der Waals surface area contributed by atoms with Crippen molar-refractivity contribution in [2.75, 3.05) is 13.2 Å². The second-order valence-corrected chi connectivity index (χ2v) is 5.26. The number of carboxylic acid groups (broad SMARTS) is 1. The smallest absolute Gasteiger partial charge is 0.329 e. The van der Waals surface area contributed by atoms with Gasteiger partial charge in [-0.1, -0.05) is 0 Å². The maximum atomic E-state index is 12.1. The van der Waals surface area contributed by atoms with Crippen LogP contribution < -0.4 is 5.32 Å². The summed E-state index contributed by atoms with van der Waals surface area (Å²) in [5.41, 5.74) is -0.932. The van der Waals surface area contributed by atoms with Crippen molar-refractivity contribution < 1.29 is 19.4 Å². The van der Waals surface area contributed by atoms with E-state index >= 15 is 0 Å². The average molecular weight is 329 g/mol. The first-order valence-electron chi connectivity index (χ1n) is 5.78. The average Bonchev–Trinajstić information content (AvgIpc) is 2.39. The predicted molar refractivity (Wildman–Crippen MR) is 69.8 cm³/mol. The topological polar surface area (TPSA) is 88.5 Å². The number of halogens is 1. The van der Waals surface area contributed by atoms with Crippen LogP contribution in [0, 0.1) is 0 Å². The molecule has 1 aliphatic heterocycles. The molecule has 1 fully saturated rings. The minimum absolute atomic E-state index is 0.259. The van der Waals surface area contributed by atoms with Crippen LogP contribution in [0.15, 0.2) is 22.9 Å². The van der Waals surface area contributed by atoms with E-state index in [4.69, 9.17) is 4.74 Å². The lowest BCUT2D eigenvalue weighted by molar-refractivity contribution is -0.148. The second kappa shape index (κ2) is 5.66. The van der Waals surface area contributed by atoms with E-state index in [1.165, 1.54) is 6.20 Å². The Morgan fingerprint density at radius 1 is 1.37 bits per heavy atom. The molecule has 2 heterocycles. The number of nitrogens with one attached hydrogen (secondary N) is 1. The van der Waals surface area contributed by atoms with E-state index < -0.39 is 17.4 Å². The minimum Gasteiger partial charge on any atom is -0.480 e. The van der Waals surface area contributed by atoms with E-state index in [0.29, 0.717) is 23.2 Å². The van der Waals surface area contributed by atoms with Gasteiger partial charge in [0, 0.05) is 42.9 Å². The molecule has 1 aliphatic rings. The number of hydrogen-bond acceptors (Lipinski definition) is 4. The van der Waals surface area contributed by atoms with Gasteiger partial charge in [-0.3, -0.25) is 9.78 Å². The van der Waals surface area contributed by atoms with Crippen LogP contribution in [-0.2, 0) is 9.53 Å². The zero-order valence-electron chi connectivity index (χ0n) is 10.1. The molecule has 0 radical (unpaired) electrons. The molecule has 0 aliphatic carbocycles. The number of pyridine rings is 1. The minimum atomic E-state index is -1.25. The van der Waals surface area contributed by atoms with E-state index in [9.17, 15) is 14.7 Å². The van der Waals surface area contributed by atoms with Crippen LogP contribution in [0.2, 0.25) is 0 Å². The Hall–Kier alpha value is -1.47. The Bertz CT molecular complexity index is 500. The monoisotopic (exact) mass is 328 g/mol. The van der Waals surface area contributed by atoms with E-state index in [1.807, 2.05) is 0 Å². The summed E-state index contributed by atoms with van der Waals surface area (Å²) in [5, 5.41) is 11.9. The number of carbonyl (C=O) groups is 2. The van der Waals surface area contributed by atoms with Gasteiger partial charge in [-0.05, 0) is 22.0 Å². The number of aromatic nitrogens is 1. The number of carbonyl (C=O) groups excluding carboxylic acids is 1. The van der Waals surface area contributed by atoms with Crippen molar-refractivity contribution in [3.8, 4) is 0 Å². The summed E-state index contributed by atoms with van der Waals surface area (Å²) in [7, 11) is 0. The van der Waals surface area contributed by atoms with Crippen molar-refractivity contribution in [3.63, 3.8) is 0 Å². The molecule has 2 rings (SSSR count). The Morgan fingerprint density at radius 3 is 2.63 bits per heavy atom. The largest absolute Gasteiger partial charge is 0.480 e. The highest BCUT2D eigenvalue weighted by Gasteiger charge is 2.41. The molecule has 6 nitrogen and oxygen atoms in total. The third-order valence-corrected chi connectivity index (χ3v) is 3.51. The Labute approximate surface area is 118 Å². The fraction of sp³-hybridized carbons (Fsp3) is 0.417. The maximum Gasteiger partial charge on any atom is 0.329 e. The molecule has 0 saturated carbocycles. The van der Waals surface area contributed by atoms with Crippen molar-refractivity contribution in [2.45, 2.75) is 18.4 Å². The highest BCUT2D eigenvalue weighted by Crippen LogP contribution is 2.22. The van der Waals surface area contributed by atoms with Gasteiger partial charge in [-0.2, -0.15) is 0 Å². The zero-order valence-corrected chi connectivity index (χ0v) is 11.6.